The molecule has 12 heteroatoms. The van der Waals surface area contributed by atoms with Gasteiger partial charge in [0.05, 0.1) is 5.56 Å². The van der Waals surface area contributed by atoms with Crippen LogP contribution in [0.4, 0.5) is 19.0 Å². The number of tetrazole rings is 1. The largest absolute Gasteiger partial charge is 0.416 e. The fourth-order valence-electron chi connectivity index (χ4n) is 2.37. The van der Waals surface area contributed by atoms with Gasteiger partial charge in [-0.1, -0.05) is 17.3 Å². The molecule has 3 rings (SSSR count). The Balaban J connectivity index is 1.98. The lowest BCUT2D eigenvalue weighted by atomic mass is 10.0. The number of halogens is 3. The maximum absolute atomic E-state index is 13.3. The van der Waals surface area contributed by atoms with Crippen LogP contribution in [0.25, 0.3) is 0 Å². The maximum Gasteiger partial charge on any atom is 0.416 e. The lowest BCUT2D eigenvalue weighted by molar-refractivity contribution is -0.138. The van der Waals surface area contributed by atoms with Crippen LogP contribution in [0.15, 0.2) is 35.6 Å². The molecular formula is C16H15F3N8O. The van der Waals surface area contributed by atoms with Crippen molar-refractivity contribution in [3.8, 4) is 0 Å². The molecule has 0 radical (unpaired) electrons. The molecule has 0 fully saturated rings. The van der Waals surface area contributed by atoms with Crippen LogP contribution in [-0.4, -0.2) is 35.9 Å². The monoisotopic (exact) mass is 392 g/mol. The Labute approximate surface area is 157 Å². The molecule has 2 N–H and O–H groups in total. The lowest BCUT2D eigenvalue weighted by Gasteiger charge is -2.12. The van der Waals surface area contributed by atoms with Crippen LogP contribution in [0.5, 0.6) is 0 Å². The number of aromatic nitrogens is 6. The number of anilines is 1. The van der Waals surface area contributed by atoms with Gasteiger partial charge in [-0.3, -0.25) is 0 Å². The average molecular weight is 392 g/mol. The van der Waals surface area contributed by atoms with Gasteiger partial charge in [0.2, 0.25) is 5.82 Å². The first-order valence-electron chi connectivity index (χ1n) is 7.94. The predicted molar refractivity (Wildman–Crippen MR) is 91.9 cm³/mol. The fraction of sp³-hybridized carbons (Fsp3) is 0.250. The molecule has 9 nitrogen and oxygen atoms in total. The van der Waals surface area contributed by atoms with Gasteiger partial charge >= 0.3 is 6.18 Å². The van der Waals surface area contributed by atoms with Crippen LogP contribution in [0.1, 0.15) is 28.3 Å². The highest BCUT2D eigenvalue weighted by Crippen LogP contribution is 2.32. The topological polar surface area (TPSA) is 117 Å². The summed E-state index contributed by atoms with van der Waals surface area (Å²) >= 11 is 0. The van der Waals surface area contributed by atoms with E-state index in [0.29, 0.717) is 0 Å². The van der Waals surface area contributed by atoms with Gasteiger partial charge in [-0.05, 0) is 35.0 Å². The minimum absolute atomic E-state index is 0.0295. The number of oxime groups is 1. The Kier molecular flexibility index (Phi) is 5.20. The molecule has 0 amide bonds. The summed E-state index contributed by atoms with van der Waals surface area (Å²) in [6.07, 6.45) is -3.06. The number of rotatable bonds is 5. The van der Waals surface area contributed by atoms with Gasteiger partial charge in [-0.2, -0.15) is 13.2 Å². The highest BCUT2D eigenvalue weighted by molar-refractivity contribution is 6.10. The molecule has 0 spiro atoms. The molecular weight excluding hydrogens is 377 g/mol. The lowest BCUT2D eigenvalue weighted by Crippen LogP contribution is -2.15. The van der Waals surface area contributed by atoms with E-state index in [1.165, 1.54) is 43.0 Å². The highest BCUT2D eigenvalue weighted by atomic mass is 19.4. The third-order valence-corrected chi connectivity index (χ3v) is 3.72. The van der Waals surface area contributed by atoms with Gasteiger partial charge in [-0.15, -0.1) is 5.10 Å². The van der Waals surface area contributed by atoms with Crippen LogP contribution in [0.2, 0.25) is 0 Å². The molecule has 0 aliphatic heterocycles. The molecule has 0 saturated heterocycles. The zero-order chi connectivity index (χ0) is 20.3. The molecule has 0 atom stereocenters. The standard InChI is InChI=1S/C16H15F3N8O/c1-9-3-4-10(7-11(9)16(17,18)19)14(15-23-25-26-27(15)2)24-28-8-13-21-6-5-12(20)22-13/h3-7H,8H2,1-2H3,(H2,20,21,22). The molecule has 1 aromatic carbocycles. The number of nitrogen functional groups attached to an aromatic ring is 1. The summed E-state index contributed by atoms with van der Waals surface area (Å²) in [5.41, 5.74) is 5.04. The molecule has 2 heterocycles. The van der Waals surface area contributed by atoms with Gasteiger partial charge in [0, 0.05) is 18.8 Å². The number of alkyl halides is 3. The minimum atomic E-state index is -4.51. The van der Waals surface area contributed by atoms with Crippen molar-refractivity contribution in [2.45, 2.75) is 19.7 Å². The maximum atomic E-state index is 13.3. The van der Waals surface area contributed by atoms with E-state index in [4.69, 9.17) is 10.6 Å². The number of benzene rings is 1. The third kappa shape index (κ3) is 4.22. The Bertz CT molecular complexity index is 1020. The first kappa shape index (κ1) is 19.2. The molecule has 146 valence electrons. The van der Waals surface area contributed by atoms with Crippen molar-refractivity contribution in [3.05, 3.63) is 58.8 Å². The summed E-state index contributed by atoms with van der Waals surface area (Å²) in [7, 11) is 1.53. The van der Waals surface area contributed by atoms with Crippen molar-refractivity contribution < 1.29 is 18.0 Å². The van der Waals surface area contributed by atoms with E-state index in [0.717, 1.165) is 6.07 Å². The van der Waals surface area contributed by atoms with Crippen LogP contribution in [-0.2, 0) is 24.7 Å². The van der Waals surface area contributed by atoms with E-state index in [1.54, 1.807) is 0 Å². The van der Waals surface area contributed by atoms with Gasteiger partial charge in [0.15, 0.2) is 18.1 Å². The Morgan fingerprint density at radius 1 is 1.29 bits per heavy atom. The van der Waals surface area contributed by atoms with Gasteiger partial charge in [0.1, 0.15) is 5.82 Å². The van der Waals surface area contributed by atoms with E-state index in [2.05, 4.69) is 30.6 Å². The smallest absolute Gasteiger partial charge is 0.387 e. The molecule has 0 bridgehead atoms. The third-order valence-electron chi connectivity index (χ3n) is 3.72. The minimum Gasteiger partial charge on any atom is -0.387 e. The first-order chi connectivity index (χ1) is 13.3. The van der Waals surface area contributed by atoms with Crippen molar-refractivity contribution in [2.24, 2.45) is 12.2 Å². The second-order valence-corrected chi connectivity index (χ2v) is 5.76. The molecule has 0 unspecified atom stereocenters. The summed E-state index contributed by atoms with van der Waals surface area (Å²) in [5.74, 6) is 0.646. The van der Waals surface area contributed by atoms with Crippen LogP contribution >= 0.6 is 0 Å². The Morgan fingerprint density at radius 2 is 2.07 bits per heavy atom. The molecule has 0 saturated carbocycles. The second kappa shape index (κ2) is 7.58. The Hall–Kier alpha value is -3.57. The Morgan fingerprint density at radius 3 is 2.71 bits per heavy atom. The van der Waals surface area contributed by atoms with Crippen molar-refractivity contribution in [1.29, 1.82) is 0 Å². The van der Waals surface area contributed by atoms with E-state index in [9.17, 15) is 13.2 Å². The average Bonchev–Trinajstić information content (AvgIpc) is 3.04. The van der Waals surface area contributed by atoms with E-state index >= 15 is 0 Å². The first-order valence-corrected chi connectivity index (χ1v) is 7.94. The van der Waals surface area contributed by atoms with Crippen molar-refractivity contribution in [3.63, 3.8) is 0 Å². The highest BCUT2D eigenvalue weighted by Gasteiger charge is 2.33. The number of hydrogen-bond donors (Lipinski definition) is 1. The SMILES string of the molecule is Cc1ccc(C(=NOCc2nccc(N)n2)c2nnnn2C)cc1C(F)(F)F. The van der Waals surface area contributed by atoms with Crippen LogP contribution in [0.3, 0.4) is 0 Å². The number of aryl methyl sites for hydroxylation is 2. The summed E-state index contributed by atoms with van der Waals surface area (Å²) in [5, 5.41) is 14.9. The number of nitrogens with two attached hydrogens (primary N) is 1. The van der Waals surface area contributed by atoms with E-state index in [-0.39, 0.29) is 40.9 Å². The summed E-state index contributed by atoms with van der Waals surface area (Å²) in [4.78, 5) is 13.2. The van der Waals surface area contributed by atoms with Crippen molar-refractivity contribution in [1.82, 2.24) is 30.2 Å². The number of hydrogen-bond acceptors (Lipinski definition) is 8. The zero-order valence-electron chi connectivity index (χ0n) is 14.8. The van der Waals surface area contributed by atoms with Gasteiger partial charge in [0.25, 0.3) is 0 Å². The van der Waals surface area contributed by atoms with E-state index < -0.39 is 11.7 Å². The second-order valence-electron chi connectivity index (χ2n) is 5.76. The zero-order valence-corrected chi connectivity index (χ0v) is 14.8. The van der Waals surface area contributed by atoms with Gasteiger partial charge < -0.3 is 10.6 Å². The van der Waals surface area contributed by atoms with Crippen molar-refractivity contribution in [2.75, 3.05) is 5.73 Å². The van der Waals surface area contributed by atoms with Crippen LogP contribution < -0.4 is 5.73 Å². The fourth-order valence-corrected chi connectivity index (χ4v) is 2.37. The molecule has 28 heavy (non-hydrogen) atoms. The summed E-state index contributed by atoms with van der Waals surface area (Å²) in [6, 6.07) is 5.31. The predicted octanol–water partition coefficient (Wildman–Crippen LogP) is 1.88. The summed E-state index contributed by atoms with van der Waals surface area (Å²) < 4.78 is 41.1. The molecule has 0 aliphatic rings. The van der Waals surface area contributed by atoms with Crippen LogP contribution in [0, 0.1) is 6.92 Å². The normalized spacial score (nSPS) is 12.2. The molecule has 3 aromatic rings. The molecule has 0 aliphatic carbocycles. The quantitative estimate of drug-likeness (QED) is 0.520. The molecule has 2 aromatic heterocycles. The number of nitrogens with zero attached hydrogens (tertiary/aromatic N) is 7. The van der Waals surface area contributed by atoms with E-state index in [1.807, 2.05) is 0 Å². The summed E-state index contributed by atoms with van der Waals surface area (Å²) in [6.45, 7) is 1.23. The van der Waals surface area contributed by atoms with Gasteiger partial charge in [-0.25, -0.2) is 14.6 Å². The van der Waals surface area contributed by atoms with Crippen molar-refractivity contribution >= 4 is 11.5 Å².